The van der Waals surface area contributed by atoms with Crippen molar-refractivity contribution in [2.24, 2.45) is 0 Å². The summed E-state index contributed by atoms with van der Waals surface area (Å²) < 4.78 is 1.21. The number of rotatable bonds is 3. The molecule has 2 aromatic rings. The van der Waals surface area contributed by atoms with Crippen LogP contribution >= 0.6 is 39.0 Å². The smallest absolute Gasteiger partial charge is 0.0701 e. The van der Waals surface area contributed by atoms with Crippen LogP contribution in [0.4, 0.5) is 0 Å². The van der Waals surface area contributed by atoms with Crippen LogP contribution in [0.2, 0.25) is 0 Å². The highest BCUT2D eigenvalue weighted by Crippen LogP contribution is 2.29. The van der Waals surface area contributed by atoms with Gasteiger partial charge in [0.2, 0.25) is 0 Å². The van der Waals surface area contributed by atoms with Gasteiger partial charge in [0.1, 0.15) is 0 Å². The Kier molecular flexibility index (Phi) is 3.89. The fourth-order valence-electron chi connectivity index (χ4n) is 1.29. The molecule has 0 saturated heterocycles. The second kappa shape index (κ2) is 5.19. The van der Waals surface area contributed by atoms with Gasteiger partial charge in [0.15, 0.2) is 0 Å². The molecule has 1 aromatic carbocycles. The maximum atomic E-state index is 3.48. The van der Waals surface area contributed by atoms with Crippen LogP contribution in [0.1, 0.15) is 10.4 Å². The van der Waals surface area contributed by atoms with Gasteiger partial charge >= 0.3 is 0 Å². The van der Waals surface area contributed by atoms with Crippen LogP contribution in [0.5, 0.6) is 0 Å². The molecule has 0 nitrogen and oxygen atoms in total. The summed E-state index contributed by atoms with van der Waals surface area (Å²) in [4.78, 5) is 2.76. The summed E-state index contributed by atoms with van der Waals surface area (Å²) in [6, 6.07) is 12.9. The summed E-state index contributed by atoms with van der Waals surface area (Å²) in [5.74, 6) is 1.06. The molecule has 2 rings (SSSR count). The third-order valence-corrected chi connectivity index (χ3v) is 4.85. The Balaban J connectivity index is 1.99. The van der Waals surface area contributed by atoms with Gasteiger partial charge < -0.3 is 0 Å². The molecule has 0 fully saturated rings. The number of halogens is 1. The summed E-state index contributed by atoms with van der Waals surface area (Å²) in [5, 5.41) is 0. The SMILES string of the molecule is Cc1cccc(SCc2ccc(Br)s2)c1. The molecule has 0 aliphatic rings. The second-order valence-electron chi connectivity index (χ2n) is 3.31. The Morgan fingerprint density at radius 1 is 1.27 bits per heavy atom. The van der Waals surface area contributed by atoms with E-state index in [1.807, 2.05) is 23.1 Å². The summed E-state index contributed by atoms with van der Waals surface area (Å²) in [5.41, 5.74) is 1.33. The van der Waals surface area contributed by atoms with Gasteiger partial charge in [0, 0.05) is 15.5 Å². The van der Waals surface area contributed by atoms with Gasteiger partial charge in [-0.2, -0.15) is 0 Å². The zero-order valence-electron chi connectivity index (χ0n) is 8.37. The minimum atomic E-state index is 1.06. The number of thiophene rings is 1. The normalized spacial score (nSPS) is 10.5. The van der Waals surface area contributed by atoms with Crippen molar-refractivity contribution >= 4 is 39.0 Å². The standard InChI is InChI=1S/C12H11BrS2/c1-9-3-2-4-10(7-9)14-8-11-5-6-12(13)15-11/h2-7H,8H2,1H3. The first kappa shape index (κ1) is 11.2. The first-order valence-electron chi connectivity index (χ1n) is 4.68. The first-order valence-corrected chi connectivity index (χ1v) is 7.27. The summed E-state index contributed by atoms with van der Waals surface area (Å²) in [6.45, 7) is 2.13. The van der Waals surface area contributed by atoms with Crippen LogP contribution in [-0.4, -0.2) is 0 Å². The van der Waals surface area contributed by atoms with Crippen molar-refractivity contribution in [1.82, 2.24) is 0 Å². The minimum absolute atomic E-state index is 1.06. The molecule has 0 bridgehead atoms. The van der Waals surface area contributed by atoms with Crippen LogP contribution in [0.15, 0.2) is 45.1 Å². The molecule has 0 radical (unpaired) electrons. The molecule has 0 amide bonds. The lowest BCUT2D eigenvalue weighted by molar-refractivity contribution is 1.35. The van der Waals surface area contributed by atoms with Gasteiger partial charge in [-0.25, -0.2) is 0 Å². The zero-order chi connectivity index (χ0) is 10.7. The maximum absolute atomic E-state index is 3.48. The summed E-state index contributed by atoms with van der Waals surface area (Å²) in [6.07, 6.45) is 0. The molecule has 0 N–H and O–H groups in total. The number of benzene rings is 1. The highest BCUT2D eigenvalue weighted by atomic mass is 79.9. The van der Waals surface area contributed by atoms with E-state index < -0.39 is 0 Å². The molecule has 78 valence electrons. The molecular formula is C12H11BrS2. The number of hydrogen-bond acceptors (Lipinski definition) is 2. The van der Waals surface area contributed by atoms with Crippen molar-refractivity contribution in [2.45, 2.75) is 17.6 Å². The molecule has 0 saturated carbocycles. The maximum Gasteiger partial charge on any atom is 0.0701 e. The van der Waals surface area contributed by atoms with E-state index in [-0.39, 0.29) is 0 Å². The number of hydrogen-bond donors (Lipinski definition) is 0. The molecule has 3 heteroatoms. The second-order valence-corrected chi connectivity index (χ2v) is 6.91. The predicted octanol–water partition coefficient (Wildman–Crippen LogP) is 5.11. The van der Waals surface area contributed by atoms with Gasteiger partial charge in [0.25, 0.3) is 0 Å². The monoisotopic (exact) mass is 298 g/mol. The van der Waals surface area contributed by atoms with E-state index in [9.17, 15) is 0 Å². The highest BCUT2D eigenvalue weighted by molar-refractivity contribution is 9.11. The van der Waals surface area contributed by atoms with E-state index in [4.69, 9.17) is 0 Å². The highest BCUT2D eigenvalue weighted by Gasteiger charge is 1.99. The fourth-order valence-corrected chi connectivity index (χ4v) is 3.83. The molecule has 0 spiro atoms. The Labute approximate surface area is 107 Å². The molecule has 1 aromatic heterocycles. The van der Waals surface area contributed by atoms with Crippen LogP contribution in [0.25, 0.3) is 0 Å². The van der Waals surface area contributed by atoms with Crippen molar-refractivity contribution in [2.75, 3.05) is 0 Å². The zero-order valence-corrected chi connectivity index (χ0v) is 11.6. The molecule has 0 aliphatic heterocycles. The van der Waals surface area contributed by atoms with Gasteiger partial charge in [-0.3, -0.25) is 0 Å². The van der Waals surface area contributed by atoms with Crippen molar-refractivity contribution in [3.05, 3.63) is 50.6 Å². The van der Waals surface area contributed by atoms with E-state index in [0.717, 1.165) is 5.75 Å². The Bertz CT molecular complexity index is 448. The lowest BCUT2D eigenvalue weighted by Gasteiger charge is -2.00. The average molecular weight is 299 g/mol. The Morgan fingerprint density at radius 3 is 2.80 bits per heavy atom. The minimum Gasteiger partial charge on any atom is -0.132 e. The molecule has 15 heavy (non-hydrogen) atoms. The first-order chi connectivity index (χ1) is 7.24. The fraction of sp³-hybridized carbons (Fsp3) is 0.167. The van der Waals surface area contributed by atoms with Crippen molar-refractivity contribution < 1.29 is 0 Å². The van der Waals surface area contributed by atoms with Gasteiger partial charge in [0.05, 0.1) is 3.79 Å². The molecule has 0 aliphatic carbocycles. The summed E-state index contributed by atoms with van der Waals surface area (Å²) in [7, 11) is 0. The lowest BCUT2D eigenvalue weighted by Crippen LogP contribution is -1.76. The molecular weight excluding hydrogens is 288 g/mol. The topological polar surface area (TPSA) is 0 Å². The Morgan fingerprint density at radius 2 is 2.13 bits per heavy atom. The third kappa shape index (κ3) is 3.37. The van der Waals surface area contributed by atoms with Crippen LogP contribution in [0.3, 0.4) is 0 Å². The van der Waals surface area contributed by atoms with E-state index in [2.05, 4.69) is 59.3 Å². The van der Waals surface area contributed by atoms with Crippen LogP contribution in [0, 0.1) is 6.92 Å². The number of thioether (sulfide) groups is 1. The van der Waals surface area contributed by atoms with Gasteiger partial charge in [-0.05, 0) is 47.1 Å². The van der Waals surface area contributed by atoms with E-state index >= 15 is 0 Å². The van der Waals surface area contributed by atoms with Crippen LogP contribution in [-0.2, 0) is 5.75 Å². The molecule has 0 unspecified atom stereocenters. The third-order valence-electron chi connectivity index (χ3n) is 2.00. The van der Waals surface area contributed by atoms with E-state index in [1.165, 1.54) is 19.1 Å². The lowest BCUT2D eigenvalue weighted by atomic mass is 10.2. The van der Waals surface area contributed by atoms with Gasteiger partial charge in [-0.15, -0.1) is 23.1 Å². The summed E-state index contributed by atoms with van der Waals surface area (Å²) >= 11 is 7.18. The quantitative estimate of drug-likeness (QED) is 0.710. The van der Waals surface area contributed by atoms with Crippen molar-refractivity contribution in [1.29, 1.82) is 0 Å². The van der Waals surface area contributed by atoms with Crippen molar-refractivity contribution in [3.63, 3.8) is 0 Å². The number of aryl methyl sites for hydroxylation is 1. The Hall–Kier alpha value is -0.250. The van der Waals surface area contributed by atoms with Gasteiger partial charge in [-0.1, -0.05) is 17.7 Å². The van der Waals surface area contributed by atoms with E-state index in [1.54, 1.807) is 0 Å². The average Bonchev–Trinajstić information content (AvgIpc) is 2.62. The van der Waals surface area contributed by atoms with E-state index in [0.29, 0.717) is 0 Å². The van der Waals surface area contributed by atoms with Crippen LogP contribution < -0.4 is 0 Å². The predicted molar refractivity (Wildman–Crippen MR) is 72.8 cm³/mol. The largest absolute Gasteiger partial charge is 0.132 e. The molecule has 0 atom stereocenters. The van der Waals surface area contributed by atoms with Crippen molar-refractivity contribution in [3.8, 4) is 0 Å². The molecule has 1 heterocycles.